The van der Waals surface area contributed by atoms with Gasteiger partial charge in [-0.15, -0.1) is 0 Å². The van der Waals surface area contributed by atoms with Crippen LogP contribution < -0.4 is 0 Å². The van der Waals surface area contributed by atoms with Crippen LogP contribution in [0.4, 0.5) is 0 Å². The third-order valence-electron chi connectivity index (χ3n) is 4.27. The van der Waals surface area contributed by atoms with Crippen LogP contribution in [0, 0.1) is 29.6 Å². The highest BCUT2D eigenvalue weighted by Crippen LogP contribution is 2.50. The molecule has 2 fully saturated rings. The molecule has 0 spiro atoms. The zero-order valence-electron chi connectivity index (χ0n) is 9.42. The molecule has 0 aliphatic heterocycles. The summed E-state index contributed by atoms with van der Waals surface area (Å²) in [5.74, 6) is 5.27. The molecular weight excluding hydrogens is 156 g/mol. The Kier molecular flexibility index (Phi) is 2.67. The Hall–Kier alpha value is 0. The van der Waals surface area contributed by atoms with Crippen molar-refractivity contribution < 1.29 is 0 Å². The van der Waals surface area contributed by atoms with Crippen LogP contribution in [0.25, 0.3) is 0 Å². The lowest BCUT2D eigenvalue weighted by atomic mass is 9.71. The van der Waals surface area contributed by atoms with Crippen molar-refractivity contribution >= 4 is 0 Å². The fourth-order valence-corrected chi connectivity index (χ4v) is 3.89. The molecule has 0 nitrogen and oxygen atoms in total. The van der Waals surface area contributed by atoms with Gasteiger partial charge in [-0.25, -0.2) is 0 Å². The van der Waals surface area contributed by atoms with Gasteiger partial charge < -0.3 is 0 Å². The van der Waals surface area contributed by atoms with Gasteiger partial charge in [-0.05, 0) is 61.7 Å². The smallest absolute Gasteiger partial charge is 0.0355 e. The highest BCUT2D eigenvalue weighted by Gasteiger charge is 2.40. The normalized spacial score (nSPS) is 44.3. The summed E-state index contributed by atoms with van der Waals surface area (Å²) in [5.41, 5.74) is 0. The van der Waals surface area contributed by atoms with Crippen molar-refractivity contribution in [2.24, 2.45) is 29.6 Å². The zero-order valence-corrected chi connectivity index (χ0v) is 9.42. The molecule has 2 unspecified atom stereocenters. The van der Waals surface area contributed by atoms with Crippen LogP contribution in [-0.4, -0.2) is 0 Å². The van der Waals surface area contributed by atoms with Crippen LogP contribution in [0.5, 0.6) is 0 Å². The van der Waals surface area contributed by atoms with E-state index in [4.69, 9.17) is 0 Å². The van der Waals surface area contributed by atoms with Gasteiger partial charge in [-0.2, -0.15) is 0 Å². The molecule has 0 aromatic carbocycles. The quantitative estimate of drug-likeness (QED) is 0.600. The van der Waals surface area contributed by atoms with Gasteiger partial charge in [0, 0.05) is 0 Å². The molecule has 2 aliphatic rings. The van der Waals surface area contributed by atoms with E-state index < -0.39 is 0 Å². The van der Waals surface area contributed by atoms with Crippen molar-refractivity contribution in [2.45, 2.75) is 52.9 Å². The van der Waals surface area contributed by atoms with Gasteiger partial charge in [0.05, 0.1) is 0 Å². The Labute approximate surface area is 83.1 Å². The number of fused-ring (bicyclic) bond motifs is 2. The predicted molar refractivity (Wildman–Crippen MR) is 57.6 cm³/mol. The molecular formula is C13H24. The van der Waals surface area contributed by atoms with E-state index in [9.17, 15) is 0 Å². The Morgan fingerprint density at radius 3 is 2.08 bits per heavy atom. The summed E-state index contributed by atoms with van der Waals surface area (Å²) in [4.78, 5) is 0. The molecule has 0 aromatic heterocycles. The van der Waals surface area contributed by atoms with Crippen LogP contribution in [0.15, 0.2) is 0 Å². The summed E-state index contributed by atoms with van der Waals surface area (Å²) >= 11 is 0. The Balaban J connectivity index is 1.98. The average molecular weight is 180 g/mol. The molecule has 0 saturated heterocycles. The van der Waals surface area contributed by atoms with Crippen molar-refractivity contribution in [2.75, 3.05) is 0 Å². The molecule has 2 rings (SSSR count). The van der Waals surface area contributed by atoms with Gasteiger partial charge in [0.25, 0.3) is 0 Å². The maximum Gasteiger partial charge on any atom is -0.0355 e. The Morgan fingerprint density at radius 1 is 1.08 bits per heavy atom. The first-order valence-corrected chi connectivity index (χ1v) is 6.16. The van der Waals surface area contributed by atoms with Gasteiger partial charge in [-0.3, -0.25) is 0 Å². The van der Waals surface area contributed by atoms with Crippen molar-refractivity contribution in [3.05, 3.63) is 0 Å². The first-order valence-electron chi connectivity index (χ1n) is 6.16. The van der Waals surface area contributed by atoms with E-state index in [1.165, 1.54) is 19.3 Å². The van der Waals surface area contributed by atoms with Crippen LogP contribution in [0.3, 0.4) is 0 Å². The van der Waals surface area contributed by atoms with Crippen LogP contribution >= 0.6 is 0 Å². The van der Waals surface area contributed by atoms with Crippen LogP contribution in [0.2, 0.25) is 0 Å². The van der Waals surface area contributed by atoms with Crippen LogP contribution in [0.1, 0.15) is 52.9 Å². The molecule has 0 aromatic rings. The molecule has 13 heavy (non-hydrogen) atoms. The lowest BCUT2D eigenvalue weighted by Gasteiger charge is -2.34. The molecule has 2 saturated carbocycles. The largest absolute Gasteiger partial charge is 0.0628 e. The standard InChI is InChI=1S/C13H24/c1-9(2)6-13-11-4-5-12(13)8-10(3)7-11/h9-13H,4-8H2,1-3H3/t10?,11-,12+,13?. The average Bonchev–Trinajstić information content (AvgIpc) is 2.32. The van der Waals surface area contributed by atoms with E-state index in [1.807, 2.05) is 0 Å². The Morgan fingerprint density at radius 2 is 1.62 bits per heavy atom. The summed E-state index contributed by atoms with van der Waals surface area (Å²) < 4.78 is 0. The summed E-state index contributed by atoms with van der Waals surface area (Å²) in [6.45, 7) is 7.23. The number of rotatable bonds is 2. The molecule has 0 heteroatoms. The molecule has 0 amide bonds. The van der Waals surface area contributed by atoms with Crippen molar-refractivity contribution in [1.82, 2.24) is 0 Å². The first kappa shape index (κ1) is 9.55. The minimum atomic E-state index is 0.918. The lowest BCUT2D eigenvalue weighted by Crippen LogP contribution is -2.25. The molecule has 0 heterocycles. The van der Waals surface area contributed by atoms with Gasteiger partial charge in [0.15, 0.2) is 0 Å². The summed E-state index contributed by atoms with van der Waals surface area (Å²) in [5, 5.41) is 0. The van der Waals surface area contributed by atoms with Crippen molar-refractivity contribution in [3.63, 3.8) is 0 Å². The second-order valence-corrected chi connectivity index (χ2v) is 5.97. The third kappa shape index (κ3) is 1.92. The summed E-state index contributed by atoms with van der Waals surface area (Å²) in [6, 6.07) is 0. The maximum atomic E-state index is 2.46. The minimum Gasteiger partial charge on any atom is -0.0628 e. The SMILES string of the molecule is CC(C)CC1[C@@H]2CC[C@H]1CC(C)C2. The second kappa shape index (κ2) is 3.63. The summed E-state index contributed by atoms with van der Waals surface area (Å²) in [6.07, 6.45) is 7.67. The highest BCUT2D eigenvalue weighted by molar-refractivity contribution is 4.91. The second-order valence-electron chi connectivity index (χ2n) is 5.97. The van der Waals surface area contributed by atoms with E-state index in [-0.39, 0.29) is 0 Å². The predicted octanol–water partition coefficient (Wildman–Crippen LogP) is 4.10. The molecule has 2 bridgehead atoms. The lowest BCUT2D eigenvalue weighted by molar-refractivity contribution is 0.154. The molecule has 76 valence electrons. The van der Waals surface area contributed by atoms with Crippen molar-refractivity contribution in [3.8, 4) is 0 Å². The summed E-state index contributed by atoms with van der Waals surface area (Å²) in [7, 11) is 0. The first-order chi connectivity index (χ1) is 6.16. The monoisotopic (exact) mass is 180 g/mol. The van der Waals surface area contributed by atoms with Gasteiger partial charge in [0.2, 0.25) is 0 Å². The number of hydrogen-bond acceptors (Lipinski definition) is 0. The topological polar surface area (TPSA) is 0 Å². The van der Waals surface area contributed by atoms with Gasteiger partial charge >= 0.3 is 0 Å². The van der Waals surface area contributed by atoms with E-state index in [0.717, 1.165) is 29.6 Å². The molecule has 4 atom stereocenters. The van der Waals surface area contributed by atoms with Crippen LogP contribution in [-0.2, 0) is 0 Å². The van der Waals surface area contributed by atoms with Gasteiger partial charge in [0.1, 0.15) is 0 Å². The van der Waals surface area contributed by atoms with E-state index in [0.29, 0.717) is 0 Å². The van der Waals surface area contributed by atoms with E-state index in [1.54, 1.807) is 12.8 Å². The third-order valence-corrected chi connectivity index (χ3v) is 4.27. The molecule has 0 radical (unpaired) electrons. The zero-order chi connectivity index (χ0) is 9.42. The fraction of sp³-hybridized carbons (Fsp3) is 1.00. The molecule has 0 N–H and O–H groups in total. The maximum absolute atomic E-state index is 2.46. The fourth-order valence-electron chi connectivity index (χ4n) is 3.89. The van der Waals surface area contributed by atoms with E-state index >= 15 is 0 Å². The number of hydrogen-bond donors (Lipinski definition) is 0. The highest BCUT2D eigenvalue weighted by atomic mass is 14.5. The molecule has 2 aliphatic carbocycles. The van der Waals surface area contributed by atoms with Gasteiger partial charge in [-0.1, -0.05) is 20.8 Å². The Bertz CT molecular complexity index is 157. The minimum absolute atomic E-state index is 0.918. The van der Waals surface area contributed by atoms with E-state index in [2.05, 4.69) is 20.8 Å². The van der Waals surface area contributed by atoms with Crippen molar-refractivity contribution in [1.29, 1.82) is 0 Å².